The molecule has 0 unspecified atom stereocenters. The zero-order valence-corrected chi connectivity index (χ0v) is 16.4. The number of hydrogen-bond donors (Lipinski definition) is 1. The molecule has 5 rings (SSSR count). The molecular formula is C23H23N5O. The number of benzene rings is 1. The van der Waals surface area contributed by atoms with E-state index in [0.717, 1.165) is 36.6 Å². The number of pyridine rings is 2. The maximum Gasteiger partial charge on any atom is 0.253 e. The van der Waals surface area contributed by atoms with Crippen LogP contribution >= 0.6 is 0 Å². The van der Waals surface area contributed by atoms with Crippen molar-refractivity contribution >= 4 is 16.9 Å². The summed E-state index contributed by atoms with van der Waals surface area (Å²) in [5.41, 5.74) is 4.40. The number of nitrogens with zero attached hydrogens (tertiary/aromatic N) is 4. The summed E-state index contributed by atoms with van der Waals surface area (Å²) in [5, 5.41) is 12.3. The predicted molar refractivity (Wildman–Crippen MR) is 111 cm³/mol. The van der Waals surface area contributed by atoms with Gasteiger partial charge in [-0.05, 0) is 67.9 Å². The molecule has 1 spiro atoms. The number of nitrogens with one attached hydrogen (secondary N) is 1. The van der Waals surface area contributed by atoms with Crippen LogP contribution < -0.4 is 5.32 Å². The van der Waals surface area contributed by atoms with Gasteiger partial charge in [-0.25, -0.2) is 9.97 Å². The van der Waals surface area contributed by atoms with Crippen LogP contribution in [-0.4, -0.2) is 21.5 Å². The van der Waals surface area contributed by atoms with Crippen molar-refractivity contribution in [1.29, 1.82) is 0 Å². The molecule has 1 fully saturated rings. The molecule has 1 N–H and O–H groups in total. The molecule has 1 aliphatic carbocycles. The number of amides is 1. The van der Waals surface area contributed by atoms with Crippen LogP contribution in [0.2, 0.25) is 0 Å². The van der Waals surface area contributed by atoms with Crippen molar-refractivity contribution in [2.24, 2.45) is 10.2 Å². The first-order chi connectivity index (χ1) is 14.1. The Morgan fingerprint density at radius 3 is 2.62 bits per heavy atom. The third kappa shape index (κ3) is 3.62. The van der Waals surface area contributed by atoms with Gasteiger partial charge in [0.2, 0.25) is 0 Å². The van der Waals surface area contributed by atoms with Crippen molar-refractivity contribution in [3.63, 3.8) is 0 Å². The summed E-state index contributed by atoms with van der Waals surface area (Å²) in [5.74, 6) is 0.481. The van der Waals surface area contributed by atoms with Gasteiger partial charge in [-0.3, -0.25) is 4.79 Å². The molecule has 0 radical (unpaired) electrons. The normalized spacial score (nSPS) is 17.6. The molecule has 6 heteroatoms. The fraction of sp³-hybridized carbons (Fsp3) is 0.348. The van der Waals surface area contributed by atoms with E-state index in [2.05, 4.69) is 49.8 Å². The van der Waals surface area contributed by atoms with E-state index in [-0.39, 0.29) is 11.6 Å². The van der Waals surface area contributed by atoms with Gasteiger partial charge in [0.15, 0.2) is 11.3 Å². The first-order valence-corrected chi connectivity index (χ1v) is 10.2. The standard InChI is InChI=1S/C23H23N5O/c1-15-20(13-19-3-2-12-24-21(19)26-15)22(29)25-14-16-4-6-17(7-5-16)18-8-10-23(11-9-18)27-28-23/h2-7,12-13,18H,8-11,14H2,1H3,(H,25,29). The highest BCUT2D eigenvalue weighted by atomic mass is 16.1. The molecule has 2 aliphatic rings. The molecule has 3 aromatic rings. The molecule has 0 bridgehead atoms. The van der Waals surface area contributed by atoms with E-state index in [0.29, 0.717) is 29.4 Å². The summed E-state index contributed by atoms with van der Waals surface area (Å²) >= 11 is 0. The maximum atomic E-state index is 12.7. The number of aromatic nitrogens is 2. The van der Waals surface area contributed by atoms with E-state index in [1.807, 2.05) is 25.1 Å². The van der Waals surface area contributed by atoms with Crippen LogP contribution in [-0.2, 0) is 6.54 Å². The monoisotopic (exact) mass is 385 g/mol. The molecule has 146 valence electrons. The molecular weight excluding hydrogens is 362 g/mol. The van der Waals surface area contributed by atoms with Gasteiger partial charge in [-0.15, -0.1) is 0 Å². The average molecular weight is 385 g/mol. The minimum atomic E-state index is -0.112. The third-order valence-corrected chi connectivity index (χ3v) is 6.10. The maximum absolute atomic E-state index is 12.7. The first kappa shape index (κ1) is 17.9. The van der Waals surface area contributed by atoms with E-state index in [9.17, 15) is 4.79 Å². The zero-order chi connectivity index (χ0) is 19.8. The molecule has 2 aromatic heterocycles. The second-order valence-electron chi connectivity index (χ2n) is 8.05. The van der Waals surface area contributed by atoms with Gasteiger partial charge in [0, 0.05) is 18.1 Å². The van der Waals surface area contributed by atoms with Gasteiger partial charge in [-0.2, -0.15) is 10.2 Å². The third-order valence-electron chi connectivity index (χ3n) is 6.10. The Bertz CT molecular complexity index is 1090. The Morgan fingerprint density at radius 2 is 1.90 bits per heavy atom. The van der Waals surface area contributed by atoms with Gasteiger partial charge in [0.1, 0.15) is 0 Å². The van der Waals surface area contributed by atoms with E-state index < -0.39 is 0 Å². The van der Waals surface area contributed by atoms with E-state index in [4.69, 9.17) is 0 Å². The second-order valence-corrected chi connectivity index (χ2v) is 8.05. The van der Waals surface area contributed by atoms with Crippen molar-refractivity contribution in [2.75, 3.05) is 0 Å². The number of rotatable bonds is 4. The van der Waals surface area contributed by atoms with Crippen LogP contribution in [0.3, 0.4) is 0 Å². The van der Waals surface area contributed by atoms with Crippen LogP contribution in [0, 0.1) is 6.92 Å². The predicted octanol–water partition coefficient (Wildman–Crippen LogP) is 4.69. The Labute approximate surface area is 169 Å². The topological polar surface area (TPSA) is 79.6 Å². The zero-order valence-electron chi connectivity index (χ0n) is 16.4. The highest BCUT2D eigenvalue weighted by molar-refractivity contribution is 5.98. The molecule has 1 saturated carbocycles. The summed E-state index contributed by atoms with van der Waals surface area (Å²) in [6.07, 6.45) is 6.15. The second kappa shape index (κ2) is 7.03. The smallest absolute Gasteiger partial charge is 0.253 e. The van der Waals surface area contributed by atoms with E-state index in [1.165, 1.54) is 5.56 Å². The van der Waals surface area contributed by atoms with Gasteiger partial charge in [0.05, 0.1) is 11.3 Å². The lowest BCUT2D eigenvalue weighted by atomic mass is 9.80. The number of carbonyl (C=O) groups excluding carboxylic acids is 1. The van der Waals surface area contributed by atoms with Gasteiger partial charge >= 0.3 is 0 Å². The number of hydrogen-bond acceptors (Lipinski definition) is 5. The van der Waals surface area contributed by atoms with Crippen molar-refractivity contribution in [3.8, 4) is 0 Å². The number of fused-ring (bicyclic) bond motifs is 1. The minimum absolute atomic E-state index is 0.00740. The lowest BCUT2D eigenvalue weighted by Crippen LogP contribution is -2.24. The van der Waals surface area contributed by atoms with Crippen LogP contribution in [0.15, 0.2) is 58.9 Å². The Morgan fingerprint density at radius 1 is 1.14 bits per heavy atom. The summed E-state index contributed by atoms with van der Waals surface area (Å²) in [4.78, 5) is 21.4. The molecule has 0 atom stereocenters. The fourth-order valence-electron chi connectivity index (χ4n) is 4.19. The van der Waals surface area contributed by atoms with Crippen molar-refractivity contribution in [3.05, 3.63) is 71.0 Å². The lowest BCUT2D eigenvalue weighted by molar-refractivity contribution is 0.0950. The number of aryl methyl sites for hydroxylation is 1. The molecule has 1 amide bonds. The lowest BCUT2D eigenvalue weighted by Gasteiger charge is -2.25. The van der Waals surface area contributed by atoms with E-state index in [1.54, 1.807) is 6.20 Å². The molecule has 0 saturated heterocycles. The Balaban J connectivity index is 1.22. The molecule has 3 heterocycles. The highest BCUT2D eigenvalue weighted by Gasteiger charge is 2.43. The van der Waals surface area contributed by atoms with Gasteiger partial charge in [-0.1, -0.05) is 24.3 Å². The van der Waals surface area contributed by atoms with Crippen LogP contribution in [0.1, 0.15) is 58.8 Å². The minimum Gasteiger partial charge on any atom is -0.348 e. The Hall–Kier alpha value is -3.15. The van der Waals surface area contributed by atoms with Crippen molar-refractivity contribution in [1.82, 2.24) is 15.3 Å². The molecule has 29 heavy (non-hydrogen) atoms. The van der Waals surface area contributed by atoms with Crippen molar-refractivity contribution < 1.29 is 4.79 Å². The fourth-order valence-corrected chi connectivity index (χ4v) is 4.19. The van der Waals surface area contributed by atoms with Crippen LogP contribution in [0.25, 0.3) is 11.0 Å². The quantitative estimate of drug-likeness (QED) is 0.708. The molecule has 6 nitrogen and oxygen atoms in total. The highest BCUT2D eigenvalue weighted by Crippen LogP contribution is 2.47. The van der Waals surface area contributed by atoms with Gasteiger partial charge < -0.3 is 5.32 Å². The molecule has 1 aromatic carbocycles. The first-order valence-electron chi connectivity index (χ1n) is 10.2. The summed E-state index contributed by atoms with van der Waals surface area (Å²) in [6.45, 7) is 2.34. The summed E-state index contributed by atoms with van der Waals surface area (Å²) in [7, 11) is 0. The molecule has 1 aliphatic heterocycles. The summed E-state index contributed by atoms with van der Waals surface area (Å²) < 4.78 is 0. The largest absolute Gasteiger partial charge is 0.348 e. The van der Waals surface area contributed by atoms with Crippen LogP contribution in [0.4, 0.5) is 0 Å². The van der Waals surface area contributed by atoms with E-state index >= 15 is 0 Å². The van der Waals surface area contributed by atoms with Crippen LogP contribution in [0.5, 0.6) is 0 Å². The SMILES string of the molecule is Cc1nc2ncccc2cc1C(=O)NCc1ccc(C2CCC3(CC2)N=N3)cc1. The average Bonchev–Trinajstić information content (AvgIpc) is 3.51. The van der Waals surface area contributed by atoms with Gasteiger partial charge in [0.25, 0.3) is 5.91 Å². The Kier molecular flexibility index (Phi) is 4.34. The number of carbonyl (C=O) groups is 1. The summed E-state index contributed by atoms with van der Waals surface area (Å²) in [6, 6.07) is 14.2. The van der Waals surface area contributed by atoms with Crippen molar-refractivity contribution in [2.45, 2.75) is 50.7 Å².